The first-order chi connectivity index (χ1) is 13.6. The molecule has 0 unspecified atom stereocenters. The predicted molar refractivity (Wildman–Crippen MR) is 107 cm³/mol. The Morgan fingerprint density at radius 1 is 1.10 bits per heavy atom. The number of hydrogen-bond donors (Lipinski definition) is 0. The van der Waals surface area contributed by atoms with Crippen molar-refractivity contribution in [1.29, 1.82) is 0 Å². The standard InChI is InChI=1S/C20H18ClF2N3O2S/c1-13-5-7-14(8-6-13)29(27,28)26-16-4-2-3-15(21)17(16)18(24-26)25-12-20(22,23)11-19(25)9-10-19/h2-8H,9-12H2,1H3. The Morgan fingerprint density at radius 2 is 1.79 bits per heavy atom. The molecule has 0 atom stereocenters. The summed E-state index contributed by atoms with van der Waals surface area (Å²) in [5.41, 5.74) is 0.537. The third-order valence-electron chi connectivity index (χ3n) is 5.79. The van der Waals surface area contributed by atoms with E-state index >= 15 is 0 Å². The van der Waals surface area contributed by atoms with Gasteiger partial charge in [-0.15, -0.1) is 5.10 Å². The molecule has 5 rings (SSSR count). The van der Waals surface area contributed by atoms with Crippen LogP contribution < -0.4 is 4.90 Å². The maximum Gasteiger partial charge on any atom is 0.283 e. The molecule has 1 aromatic heterocycles. The van der Waals surface area contributed by atoms with Crippen LogP contribution in [0, 0.1) is 6.92 Å². The third-order valence-corrected chi connectivity index (χ3v) is 7.70. The summed E-state index contributed by atoms with van der Waals surface area (Å²) >= 11 is 6.39. The zero-order valence-electron chi connectivity index (χ0n) is 15.6. The van der Waals surface area contributed by atoms with Gasteiger partial charge in [-0.3, -0.25) is 0 Å². The van der Waals surface area contributed by atoms with Crippen LogP contribution in [0.3, 0.4) is 0 Å². The fraction of sp³-hybridized carbons (Fsp3) is 0.350. The third kappa shape index (κ3) is 2.84. The van der Waals surface area contributed by atoms with E-state index in [0.29, 0.717) is 18.2 Å². The van der Waals surface area contributed by atoms with Crippen LogP contribution in [0.4, 0.5) is 14.6 Å². The minimum Gasteiger partial charge on any atom is -0.343 e. The molecule has 0 radical (unpaired) electrons. The average Bonchev–Trinajstić information content (AvgIpc) is 3.20. The van der Waals surface area contributed by atoms with E-state index in [9.17, 15) is 17.2 Å². The molecular weight excluding hydrogens is 420 g/mol. The Bertz CT molecular complexity index is 1230. The Balaban J connectivity index is 1.73. The fourth-order valence-electron chi connectivity index (χ4n) is 4.19. The molecule has 2 fully saturated rings. The summed E-state index contributed by atoms with van der Waals surface area (Å²) in [5.74, 6) is -2.64. The lowest BCUT2D eigenvalue weighted by Crippen LogP contribution is -2.32. The Labute approximate surface area is 171 Å². The number of halogens is 3. The van der Waals surface area contributed by atoms with Crippen LogP contribution in [-0.2, 0) is 10.0 Å². The van der Waals surface area contributed by atoms with E-state index in [1.54, 1.807) is 35.2 Å². The lowest BCUT2D eigenvalue weighted by atomic mass is 10.1. The largest absolute Gasteiger partial charge is 0.343 e. The van der Waals surface area contributed by atoms with Crippen LogP contribution >= 0.6 is 11.6 Å². The van der Waals surface area contributed by atoms with Gasteiger partial charge in [0, 0.05) is 12.0 Å². The molecule has 9 heteroatoms. The number of anilines is 1. The number of aromatic nitrogens is 2. The molecule has 1 aliphatic heterocycles. The van der Waals surface area contributed by atoms with E-state index in [1.165, 1.54) is 12.1 Å². The van der Waals surface area contributed by atoms with Crippen molar-refractivity contribution in [3.8, 4) is 0 Å². The van der Waals surface area contributed by atoms with Gasteiger partial charge < -0.3 is 4.90 Å². The zero-order valence-corrected chi connectivity index (χ0v) is 17.1. The highest BCUT2D eigenvalue weighted by molar-refractivity contribution is 7.90. The number of fused-ring (bicyclic) bond motifs is 1. The summed E-state index contributed by atoms with van der Waals surface area (Å²) in [7, 11) is -4.02. The minimum atomic E-state index is -4.02. The molecular formula is C20H18ClF2N3O2S. The van der Waals surface area contributed by atoms with Gasteiger partial charge >= 0.3 is 0 Å². The lowest BCUT2D eigenvalue weighted by Gasteiger charge is -2.23. The number of rotatable bonds is 3. The maximum atomic E-state index is 14.2. The number of hydrogen-bond acceptors (Lipinski definition) is 4. The van der Waals surface area contributed by atoms with E-state index in [4.69, 9.17) is 11.6 Å². The maximum absolute atomic E-state index is 14.2. The number of aryl methyl sites for hydroxylation is 1. The summed E-state index contributed by atoms with van der Waals surface area (Å²) in [6.07, 6.45) is 1.02. The normalized spacial score (nSPS) is 19.9. The highest BCUT2D eigenvalue weighted by Crippen LogP contribution is 2.56. The number of nitrogens with zero attached hydrogens (tertiary/aromatic N) is 3. The van der Waals surface area contributed by atoms with Gasteiger partial charge in [0.25, 0.3) is 15.9 Å². The monoisotopic (exact) mass is 437 g/mol. The topological polar surface area (TPSA) is 55.2 Å². The number of alkyl halides is 2. The van der Waals surface area contributed by atoms with Gasteiger partial charge in [0.15, 0.2) is 5.82 Å². The van der Waals surface area contributed by atoms with Gasteiger partial charge in [-0.25, -0.2) is 8.78 Å². The highest BCUT2D eigenvalue weighted by atomic mass is 35.5. The Hall–Kier alpha value is -2.19. The smallest absolute Gasteiger partial charge is 0.283 e. The first-order valence-corrected chi connectivity index (χ1v) is 11.1. The zero-order chi connectivity index (χ0) is 20.6. The Kier molecular flexibility index (Phi) is 3.84. The minimum absolute atomic E-state index is 0.0758. The first-order valence-electron chi connectivity index (χ1n) is 9.28. The van der Waals surface area contributed by atoms with Crippen LogP contribution in [0.15, 0.2) is 47.4 Å². The van der Waals surface area contributed by atoms with Crippen molar-refractivity contribution in [3.63, 3.8) is 0 Å². The molecule has 1 aliphatic carbocycles. The van der Waals surface area contributed by atoms with Crippen LogP contribution in [-0.4, -0.2) is 35.6 Å². The van der Waals surface area contributed by atoms with Crippen molar-refractivity contribution in [2.45, 2.75) is 42.5 Å². The van der Waals surface area contributed by atoms with Crippen molar-refractivity contribution >= 4 is 38.3 Å². The summed E-state index contributed by atoms with van der Waals surface area (Å²) in [6.45, 7) is 1.37. The van der Waals surface area contributed by atoms with Crippen molar-refractivity contribution in [3.05, 3.63) is 53.1 Å². The Morgan fingerprint density at radius 3 is 2.45 bits per heavy atom. The van der Waals surface area contributed by atoms with Gasteiger partial charge in [-0.1, -0.05) is 35.4 Å². The summed E-state index contributed by atoms with van der Waals surface area (Å²) in [6, 6.07) is 11.3. The second-order valence-electron chi connectivity index (χ2n) is 7.96. The molecule has 152 valence electrons. The second-order valence-corrected chi connectivity index (χ2v) is 10.1. The second kappa shape index (κ2) is 5.92. The van der Waals surface area contributed by atoms with Crippen LogP contribution in [0.1, 0.15) is 24.8 Å². The highest BCUT2D eigenvalue weighted by Gasteiger charge is 2.62. The summed E-state index contributed by atoms with van der Waals surface area (Å²) in [5, 5.41) is 5.01. The van der Waals surface area contributed by atoms with Crippen LogP contribution in [0.2, 0.25) is 5.02 Å². The van der Waals surface area contributed by atoms with Gasteiger partial charge in [0.05, 0.1) is 27.4 Å². The van der Waals surface area contributed by atoms with Crippen molar-refractivity contribution in [1.82, 2.24) is 9.19 Å². The summed E-state index contributed by atoms with van der Waals surface area (Å²) in [4.78, 5) is 1.63. The van der Waals surface area contributed by atoms with E-state index in [2.05, 4.69) is 5.10 Å². The quantitative estimate of drug-likeness (QED) is 0.600. The van der Waals surface area contributed by atoms with Crippen LogP contribution in [0.25, 0.3) is 10.9 Å². The molecule has 2 aliphatic rings. The molecule has 0 bridgehead atoms. The SMILES string of the molecule is Cc1ccc(S(=O)(=O)n2nc(N3CC(F)(F)CC34CC4)c3c(Cl)cccc32)cc1. The van der Waals surface area contributed by atoms with Crippen molar-refractivity contribution < 1.29 is 17.2 Å². The molecule has 1 saturated carbocycles. The van der Waals surface area contributed by atoms with Crippen LogP contribution in [0.5, 0.6) is 0 Å². The van der Waals surface area contributed by atoms with Crippen molar-refractivity contribution in [2.75, 3.05) is 11.4 Å². The number of benzene rings is 2. The first kappa shape index (κ1) is 18.8. The molecule has 1 saturated heterocycles. The molecule has 3 aromatic rings. The molecule has 29 heavy (non-hydrogen) atoms. The van der Waals surface area contributed by atoms with E-state index in [1.807, 2.05) is 6.92 Å². The molecule has 1 spiro atoms. The van der Waals surface area contributed by atoms with Crippen molar-refractivity contribution in [2.24, 2.45) is 0 Å². The van der Waals surface area contributed by atoms with E-state index in [-0.39, 0.29) is 27.7 Å². The summed E-state index contributed by atoms with van der Waals surface area (Å²) < 4.78 is 56.0. The fourth-order valence-corrected chi connectivity index (χ4v) is 5.72. The average molecular weight is 438 g/mol. The van der Waals surface area contributed by atoms with Gasteiger partial charge in [0.1, 0.15) is 0 Å². The predicted octanol–water partition coefficient (Wildman–Crippen LogP) is 4.61. The lowest BCUT2D eigenvalue weighted by molar-refractivity contribution is 0.0213. The van der Waals surface area contributed by atoms with Gasteiger partial charge in [0.2, 0.25) is 0 Å². The van der Waals surface area contributed by atoms with Gasteiger partial charge in [-0.2, -0.15) is 12.5 Å². The molecule has 0 N–H and O–H groups in total. The molecule has 2 aromatic carbocycles. The van der Waals surface area contributed by atoms with E-state index in [0.717, 1.165) is 9.65 Å². The van der Waals surface area contributed by atoms with E-state index < -0.39 is 28.0 Å². The molecule has 2 heterocycles. The molecule has 5 nitrogen and oxygen atoms in total. The van der Waals surface area contributed by atoms with Gasteiger partial charge in [-0.05, 0) is 44.0 Å². The molecule has 0 amide bonds.